The second kappa shape index (κ2) is 8.89. The Hall–Kier alpha value is -3.16. The summed E-state index contributed by atoms with van der Waals surface area (Å²) in [6.45, 7) is -0.993. The van der Waals surface area contributed by atoms with Crippen LogP contribution in [0.3, 0.4) is 0 Å². The molecule has 0 aliphatic rings. The van der Waals surface area contributed by atoms with E-state index < -0.39 is 30.3 Å². The number of alkyl halides is 2. The number of halogens is 4. The van der Waals surface area contributed by atoms with Crippen molar-refractivity contribution in [3.63, 3.8) is 0 Å². The monoisotopic (exact) mass is 438 g/mol. The average Bonchev–Trinajstić information content (AvgIpc) is 3.05. The van der Waals surface area contributed by atoms with Gasteiger partial charge in [-0.05, 0) is 6.07 Å². The van der Waals surface area contributed by atoms with Crippen LogP contribution >= 0.6 is 22.9 Å². The number of nitrogens with one attached hydrogen (secondary N) is 1. The van der Waals surface area contributed by atoms with Gasteiger partial charge in [-0.2, -0.15) is 0 Å². The van der Waals surface area contributed by atoms with Crippen molar-refractivity contribution in [2.45, 2.75) is 13.0 Å². The predicted molar refractivity (Wildman–Crippen MR) is 102 cm³/mol. The highest BCUT2D eigenvalue weighted by Gasteiger charge is 2.16. The molecule has 0 atom stereocenters. The summed E-state index contributed by atoms with van der Waals surface area (Å²) in [7, 11) is 0. The van der Waals surface area contributed by atoms with Gasteiger partial charge in [0.25, 0.3) is 17.9 Å². The zero-order valence-electron chi connectivity index (χ0n) is 14.3. The Morgan fingerprint density at radius 1 is 1.28 bits per heavy atom. The van der Waals surface area contributed by atoms with Gasteiger partial charge in [-0.15, -0.1) is 11.3 Å². The van der Waals surface area contributed by atoms with Crippen LogP contribution in [0.15, 0.2) is 41.8 Å². The van der Waals surface area contributed by atoms with E-state index >= 15 is 0 Å². The average molecular weight is 439 g/mol. The third-order valence-electron chi connectivity index (χ3n) is 3.45. The summed E-state index contributed by atoms with van der Waals surface area (Å²) < 4.78 is 39.5. The lowest BCUT2D eigenvalue weighted by Crippen LogP contribution is -2.26. The van der Waals surface area contributed by atoms with Crippen LogP contribution in [0.5, 0.6) is 0 Å². The predicted octanol–water partition coefficient (Wildman–Crippen LogP) is 3.41. The number of anilines is 1. The number of pyridine rings is 1. The van der Waals surface area contributed by atoms with Gasteiger partial charge in [0.1, 0.15) is 10.7 Å². The van der Waals surface area contributed by atoms with Gasteiger partial charge in [-0.25, -0.2) is 23.1 Å². The van der Waals surface area contributed by atoms with E-state index in [0.717, 1.165) is 23.6 Å². The van der Waals surface area contributed by atoms with Crippen molar-refractivity contribution in [1.29, 1.82) is 0 Å². The maximum Gasteiger partial charge on any atom is 0.286 e. The van der Waals surface area contributed by atoms with E-state index in [9.17, 15) is 22.8 Å². The molecule has 0 spiro atoms. The number of amides is 1. The maximum atomic E-state index is 13.7. The van der Waals surface area contributed by atoms with Crippen molar-refractivity contribution >= 4 is 34.5 Å². The van der Waals surface area contributed by atoms with Crippen LogP contribution in [0.1, 0.15) is 20.8 Å². The Bertz CT molecular complexity index is 1170. The first-order chi connectivity index (χ1) is 13.8. The van der Waals surface area contributed by atoms with Crippen molar-refractivity contribution in [3.8, 4) is 11.8 Å². The molecule has 3 heterocycles. The fourth-order valence-corrected chi connectivity index (χ4v) is 3.30. The molecule has 0 aromatic carbocycles. The Morgan fingerprint density at radius 2 is 2.00 bits per heavy atom. The number of aromatic nitrogens is 3. The van der Waals surface area contributed by atoms with E-state index in [2.05, 4.69) is 27.1 Å². The van der Waals surface area contributed by atoms with Crippen molar-refractivity contribution in [1.82, 2.24) is 14.5 Å². The molecule has 11 heteroatoms. The van der Waals surface area contributed by atoms with E-state index in [1.165, 1.54) is 24.8 Å². The Balaban J connectivity index is 1.81. The van der Waals surface area contributed by atoms with Crippen LogP contribution in [0.2, 0.25) is 4.34 Å². The molecule has 0 aliphatic heterocycles. The highest BCUT2D eigenvalue weighted by Crippen LogP contribution is 2.27. The van der Waals surface area contributed by atoms with Gasteiger partial charge in [0.05, 0.1) is 28.2 Å². The highest BCUT2D eigenvalue weighted by molar-refractivity contribution is 7.18. The van der Waals surface area contributed by atoms with Crippen LogP contribution < -0.4 is 10.9 Å². The number of hydrogen-bond donors (Lipinski definition) is 1. The minimum absolute atomic E-state index is 0.147. The number of nitrogens with zero attached hydrogens (tertiary/aromatic N) is 3. The molecule has 1 N–H and O–H groups in total. The van der Waals surface area contributed by atoms with Gasteiger partial charge in [0.15, 0.2) is 5.82 Å². The quantitative estimate of drug-likeness (QED) is 0.633. The van der Waals surface area contributed by atoms with Crippen molar-refractivity contribution in [2.24, 2.45) is 0 Å². The van der Waals surface area contributed by atoms with E-state index in [4.69, 9.17) is 11.6 Å². The minimum Gasteiger partial charge on any atom is -0.320 e. The Kier molecular flexibility index (Phi) is 6.31. The molecule has 148 valence electrons. The molecule has 0 fully saturated rings. The van der Waals surface area contributed by atoms with E-state index in [1.54, 1.807) is 0 Å². The van der Waals surface area contributed by atoms with Gasteiger partial charge >= 0.3 is 0 Å². The second-order valence-corrected chi connectivity index (χ2v) is 7.21. The van der Waals surface area contributed by atoms with Crippen LogP contribution in [0.25, 0.3) is 0 Å². The number of hydrogen-bond acceptors (Lipinski definition) is 5. The van der Waals surface area contributed by atoms with Gasteiger partial charge < -0.3 is 9.88 Å². The van der Waals surface area contributed by atoms with E-state index in [-0.39, 0.29) is 14.9 Å². The Labute approximate surface area is 171 Å². The smallest absolute Gasteiger partial charge is 0.286 e. The molecular weight excluding hydrogens is 429 g/mol. The summed E-state index contributed by atoms with van der Waals surface area (Å²) in [6.07, 6.45) is 2.47. The minimum atomic E-state index is -2.86. The fraction of sp³-hybridized carbons (Fsp3) is 0.111. The molecule has 0 unspecified atom stereocenters. The molecule has 0 saturated heterocycles. The molecule has 3 aromatic rings. The molecule has 1 amide bonds. The second-order valence-electron chi connectivity index (χ2n) is 5.55. The molecule has 3 aromatic heterocycles. The summed E-state index contributed by atoms with van der Waals surface area (Å²) >= 11 is 7.04. The van der Waals surface area contributed by atoms with Crippen molar-refractivity contribution < 1.29 is 18.0 Å². The first kappa shape index (κ1) is 20.6. The Morgan fingerprint density at radius 3 is 2.69 bits per heavy atom. The normalized spacial score (nSPS) is 10.5. The lowest BCUT2D eigenvalue weighted by Gasteiger charge is -2.09. The van der Waals surface area contributed by atoms with E-state index in [0.29, 0.717) is 15.7 Å². The van der Waals surface area contributed by atoms with E-state index in [1.807, 2.05) is 0 Å². The number of carbonyl (C=O) groups is 1. The van der Waals surface area contributed by atoms with Crippen LogP contribution in [0, 0.1) is 17.7 Å². The molecule has 0 bridgehead atoms. The molecule has 0 saturated carbocycles. The molecule has 0 radical (unpaired) electrons. The summed E-state index contributed by atoms with van der Waals surface area (Å²) in [4.78, 5) is 31.8. The fourth-order valence-electron chi connectivity index (χ4n) is 2.21. The highest BCUT2D eigenvalue weighted by atomic mass is 35.5. The van der Waals surface area contributed by atoms with Gasteiger partial charge in [0.2, 0.25) is 0 Å². The molecule has 3 rings (SSSR count). The third-order valence-corrected chi connectivity index (χ3v) is 4.80. The summed E-state index contributed by atoms with van der Waals surface area (Å²) in [6, 6.07) is 2.19. The zero-order valence-corrected chi connectivity index (χ0v) is 15.9. The van der Waals surface area contributed by atoms with Crippen molar-refractivity contribution in [3.05, 3.63) is 73.6 Å². The lowest BCUT2D eigenvalue weighted by molar-refractivity contribution is 0.103. The molecule has 29 heavy (non-hydrogen) atoms. The standard InChI is InChI=1S/C18H10ClF3N4O2S/c19-16-11(2-1-10-5-23-9-24-6-10)3-14(29-16)17(27)25-12-4-13(20)18(28)26(7-12)8-15(21)22/h3-7,9,15H,8H2,(H,25,27). The number of rotatable bonds is 4. The zero-order chi connectivity index (χ0) is 21.0. The van der Waals surface area contributed by atoms with Crippen LogP contribution in [-0.4, -0.2) is 26.9 Å². The largest absolute Gasteiger partial charge is 0.320 e. The van der Waals surface area contributed by atoms with Gasteiger partial charge in [-0.3, -0.25) is 9.59 Å². The molecule has 0 aliphatic carbocycles. The van der Waals surface area contributed by atoms with Gasteiger partial charge in [-0.1, -0.05) is 23.4 Å². The molecule has 6 nitrogen and oxygen atoms in total. The lowest BCUT2D eigenvalue weighted by atomic mass is 10.2. The SMILES string of the molecule is O=C(Nc1cc(F)c(=O)n(CC(F)F)c1)c1cc(C#Cc2cncnc2)c(Cl)s1. The third kappa shape index (κ3) is 5.22. The molecular formula is C18H10ClF3N4O2S. The van der Waals surface area contributed by atoms with Crippen LogP contribution in [0.4, 0.5) is 18.9 Å². The van der Waals surface area contributed by atoms with Crippen LogP contribution in [-0.2, 0) is 6.54 Å². The first-order valence-electron chi connectivity index (χ1n) is 7.89. The number of thiophene rings is 1. The number of carbonyl (C=O) groups excluding carboxylic acids is 1. The summed E-state index contributed by atoms with van der Waals surface area (Å²) in [5, 5.41) is 2.35. The first-order valence-corrected chi connectivity index (χ1v) is 9.09. The van der Waals surface area contributed by atoms with Crippen molar-refractivity contribution in [2.75, 3.05) is 5.32 Å². The summed E-state index contributed by atoms with van der Waals surface area (Å²) in [5.74, 6) is 3.68. The van der Waals surface area contributed by atoms with Gasteiger partial charge in [0, 0.05) is 24.7 Å². The maximum absolute atomic E-state index is 13.7. The topological polar surface area (TPSA) is 76.9 Å². The summed E-state index contributed by atoms with van der Waals surface area (Å²) in [5.41, 5.74) is -0.409.